The summed E-state index contributed by atoms with van der Waals surface area (Å²) >= 11 is 3.46. The minimum absolute atomic E-state index is 0.209. The Balaban J connectivity index is 1.66. The van der Waals surface area contributed by atoms with Gasteiger partial charge in [-0.15, -0.1) is 0 Å². The van der Waals surface area contributed by atoms with Crippen LogP contribution in [-0.2, 0) is 10.3 Å². The Labute approximate surface area is 188 Å². The van der Waals surface area contributed by atoms with Gasteiger partial charge in [0.1, 0.15) is 17.1 Å². The van der Waals surface area contributed by atoms with Gasteiger partial charge >= 0.3 is 0 Å². The number of hydrogen-bond donors (Lipinski definition) is 1. The smallest absolute Gasteiger partial charge is 0.181 e. The SMILES string of the molecule is O=C1c2ccccc2C(=O)C12[C@H](c1ccc(Br)cc1)C[C@@H](O)[C@H]1O[C@]12c1ccccc1. The van der Waals surface area contributed by atoms with E-state index in [-0.39, 0.29) is 18.0 Å². The van der Waals surface area contributed by atoms with Crippen molar-refractivity contribution in [1.29, 1.82) is 0 Å². The Morgan fingerprint density at radius 3 is 2.03 bits per heavy atom. The van der Waals surface area contributed by atoms with Crippen molar-refractivity contribution in [3.8, 4) is 0 Å². The van der Waals surface area contributed by atoms with Gasteiger partial charge in [-0.05, 0) is 29.7 Å². The van der Waals surface area contributed by atoms with Crippen LogP contribution >= 0.6 is 15.9 Å². The molecule has 1 saturated heterocycles. The normalized spacial score (nSPS) is 30.2. The van der Waals surface area contributed by atoms with Crippen molar-refractivity contribution in [2.75, 3.05) is 0 Å². The van der Waals surface area contributed by atoms with E-state index in [1.165, 1.54) is 0 Å². The molecule has 5 heteroatoms. The summed E-state index contributed by atoms with van der Waals surface area (Å²) in [5.41, 5.74) is -0.144. The quantitative estimate of drug-likeness (QED) is 0.433. The summed E-state index contributed by atoms with van der Waals surface area (Å²) in [7, 11) is 0. The average molecular weight is 475 g/mol. The van der Waals surface area contributed by atoms with Crippen LogP contribution in [0.5, 0.6) is 0 Å². The van der Waals surface area contributed by atoms with Gasteiger partial charge < -0.3 is 9.84 Å². The lowest BCUT2D eigenvalue weighted by atomic mass is 9.53. The van der Waals surface area contributed by atoms with Gasteiger partial charge in [0.05, 0.1) is 6.10 Å². The summed E-state index contributed by atoms with van der Waals surface area (Å²) in [6.07, 6.45) is -1.08. The van der Waals surface area contributed by atoms with E-state index in [0.717, 1.165) is 15.6 Å². The molecule has 31 heavy (non-hydrogen) atoms. The molecule has 2 fully saturated rings. The fourth-order valence-corrected chi connectivity index (χ4v) is 6.19. The van der Waals surface area contributed by atoms with Crippen molar-refractivity contribution in [1.82, 2.24) is 0 Å². The Morgan fingerprint density at radius 1 is 0.839 bits per heavy atom. The van der Waals surface area contributed by atoms with Crippen LogP contribution in [0.4, 0.5) is 0 Å². The summed E-state index contributed by atoms with van der Waals surface area (Å²) in [6, 6.07) is 24.1. The Morgan fingerprint density at radius 2 is 1.42 bits per heavy atom. The van der Waals surface area contributed by atoms with E-state index in [4.69, 9.17) is 4.74 Å². The van der Waals surface area contributed by atoms with E-state index in [1.807, 2.05) is 54.6 Å². The lowest BCUT2D eigenvalue weighted by Gasteiger charge is -2.44. The number of epoxide rings is 1. The molecule has 4 nitrogen and oxygen atoms in total. The van der Waals surface area contributed by atoms with Gasteiger partial charge in [0, 0.05) is 21.5 Å². The molecule has 2 aliphatic carbocycles. The highest BCUT2D eigenvalue weighted by Gasteiger charge is 2.83. The Kier molecular flexibility index (Phi) is 3.98. The van der Waals surface area contributed by atoms with Crippen LogP contribution < -0.4 is 0 Å². The lowest BCUT2D eigenvalue weighted by Crippen LogP contribution is -2.56. The minimum atomic E-state index is -1.45. The van der Waals surface area contributed by atoms with Gasteiger partial charge in [0.25, 0.3) is 0 Å². The fraction of sp³-hybridized carbons (Fsp3) is 0.231. The number of aliphatic hydroxyl groups is 1. The standard InChI is InChI=1S/C26H19BrO4/c27-17-12-10-15(11-13-17)20-14-21(28)24-26(31-24,16-6-2-1-3-7-16)25(20)22(29)18-8-4-5-9-19(18)23(25)30/h1-13,20-21,24,28H,14H2/t20-,21+,24+,26+/m0/s1. The van der Waals surface area contributed by atoms with E-state index in [9.17, 15) is 14.7 Å². The van der Waals surface area contributed by atoms with Gasteiger partial charge in [-0.2, -0.15) is 0 Å². The summed E-state index contributed by atoms with van der Waals surface area (Å²) in [5.74, 6) is -0.930. The number of ketones is 2. The van der Waals surface area contributed by atoms with Gasteiger partial charge in [-0.1, -0.05) is 82.7 Å². The van der Waals surface area contributed by atoms with Crippen molar-refractivity contribution in [3.05, 3.63) is 106 Å². The molecule has 4 atom stereocenters. The van der Waals surface area contributed by atoms with Gasteiger partial charge in [0.15, 0.2) is 11.6 Å². The number of aliphatic hydroxyl groups excluding tert-OH is 1. The molecule has 0 bridgehead atoms. The molecule has 3 aromatic carbocycles. The minimum Gasteiger partial charge on any atom is -0.390 e. The first kappa shape index (κ1) is 19.1. The molecule has 0 radical (unpaired) electrons. The zero-order valence-electron chi connectivity index (χ0n) is 16.5. The van der Waals surface area contributed by atoms with Gasteiger partial charge in [-0.3, -0.25) is 9.59 Å². The largest absolute Gasteiger partial charge is 0.390 e. The monoisotopic (exact) mass is 474 g/mol. The summed E-state index contributed by atoms with van der Waals surface area (Å²) in [6.45, 7) is 0. The molecule has 1 N–H and O–H groups in total. The average Bonchev–Trinajstić information content (AvgIpc) is 3.53. The summed E-state index contributed by atoms with van der Waals surface area (Å²) < 4.78 is 7.16. The Bertz CT molecular complexity index is 1180. The molecule has 3 aromatic rings. The van der Waals surface area contributed by atoms with E-state index in [0.29, 0.717) is 11.1 Å². The first-order valence-electron chi connectivity index (χ1n) is 10.4. The highest BCUT2D eigenvalue weighted by Crippen LogP contribution is 2.71. The van der Waals surface area contributed by atoms with Gasteiger partial charge in [-0.25, -0.2) is 0 Å². The first-order valence-corrected chi connectivity index (χ1v) is 11.2. The number of halogens is 1. The molecule has 1 aliphatic heterocycles. The number of carbonyl (C=O) groups excluding carboxylic acids is 2. The number of fused-ring (bicyclic) bond motifs is 3. The van der Waals surface area contributed by atoms with E-state index in [2.05, 4.69) is 15.9 Å². The van der Waals surface area contributed by atoms with Crippen molar-refractivity contribution in [3.63, 3.8) is 0 Å². The van der Waals surface area contributed by atoms with Crippen LogP contribution in [0.1, 0.15) is 44.2 Å². The van der Waals surface area contributed by atoms with Crippen LogP contribution in [0, 0.1) is 5.41 Å². The molecule has 1 spiro atoms. The number of rotatable bonds is 2. The zero-order valence-corrected chi connectivity index (χ0v) is 18.1. The summed E-state index contributed by atoms with van der Waals surface area (Å²) in [4.78, 5) is 28.3. The first-order chi connectivity index (χ1) is 15.0. The summed E-state index contributed by atoms with van der Waals surface area (Å²) in [5, 5.41) is 11.0. The molecule has 0 aromatic heterocycles. The van der Waals surface area contributed by atoms with Crippen LogP contribution in [0.25, 0.3) is 0 Å². The second kappa shape index (κ2) is 6.45. The molecule has 3 aliphatic rings. The second-order valence-corrected chi connectivity index (χ2v) is 9.47. The third-order valence-corrected chi connectivity index (χ3v) is 7.73. The van der Waals surface area contributed by atoms with Crippen molar-refractivity contribution in [2.24, 2.45) is 5.41 Å². The molecule has 154 valence electrons. The lowest BCUT2D eigenvalue weighted by molar-refractivity contribution is 0.0280. The number of carbonyl (C=O) groups is 2. The number of hydrogen-bond acceptors (Lipinski definition) is 4. The third-order valence-electron chi connectivity index (χ3n) is 7.20. The molecular weight excluding hydrogens is 456 g/mol. The van der Waals surface area contributed by atoms with E-state index >= 15 is 0 Å². The van der Waals surface area contributed by atoms with Crippen LogP contribution in [-0.4, -0.2) is 28.9 Å². The topological polar surface area (TPSA) is 66.9 Å². The molecule has 0 unspecified atom stereocenters. The Hall–Kier alpha value is -2.60. The highest BCUT2D eigenvalue weighted by molar-refractivity contribution is 9.10. The van der Waals surface area contributed by atoms with E-state index in [1.54, 1.807) is 24.3 Å². The van der Waals surface area contributed by atoms with E-state index < -0.39 is 29.1 Å². The predicted octanol–water partition coefficient (Wildman–Crippen LogP) is 4.66. The fourth-order valence-electron chi connectivity index (χ4n) is 5.92. The van der Waals surface area contributed by atoms with Crippen molar-refractivity contribution < 1.29 is 19.4 Å². The molecule has 0 amide bonds. The number of Topliss-reactive ketones (excluding diaryl/α,β-unsaturated/α-hetero) is 2. The maximum Gasteiger partial charge on any atom is 0.181 e. The molecule has 1 saturated carbocycles. The number of benzene rings is 3. The van der Waals surface area contributed by atoms with Crippen LogP contribution in [0.15, 0.2) is 83.3 Å². The molecular formula is C26H19BrO4. The zero-order chi connectivity index (χ0) is 21.4. The van der Waals surface area contributed by atoms with Crippen LogP contribution in [0.2, 0.25) is 0 Å². The maximum absolute atomic E-state index is 14.2. The van der Waals surface area contributed by atoms with Crippen molar-refractivity contribution in [2.45, 2.75) is 30.1 Å². The predicted molar refractivity (Wildman–Crippen MR) is 118 cm³/mol. The molecule has 1 heterocycles. The number of ether oxygens (including phenoxy) is 1. The maximum atomic E-state index is 14.2. The molecule has 6 rings (SSSR count). The van der Waals surface area contributed by atoms with Crippen molar-refractivity contribution >= 4 is 27.5 Å². The van der Waals surface area contributed by atoms with Crippen LogP contribution in [0.3, 0.4) is 0 Å². The third kappa shape index (κ3) is 2.26. The highest BCUT2D eigenvalue weighted by atomic mass is 79.9. The van der Waals surface area contributed by atoms with Gasteiger partial charge in [0.2, 0.25) is 0 Å². The second-order valence-electron chi connectivity index (χ2n) is 8.56.